The molecule has 0 aliphatic heterocycles. The summed E-state index contributed by atoms with van der Waals surface area (Å²) in [6.45, 7) is 3.58. The van der Waals surface area contributed by atoms with Crippen LogP contribution in [0.4, 0.5) is 10.5 Å². The summed E-state index contributed by atoms with van der Waals surface area (Å²) in [5.41, 5.74) is 7.41. The van der Waals surface area contributed by atoms with Gasteiger partial charge in [-0.05, 0) is 13.8 Å². The summed E-state index contributed by atoms with van der Waals surface area (Å²) in [6.07, 6.45) is 0. The second-order valence-corrected chi connectivity index (χ2v) is 4.16. The van der Waals surface area contributed by atoms with Crippen molar-refractivity contribution in [1.82, 2.24) is 5.32 Å². The fourth-order valence-corrected chi connectivity index (χ4v) is 2.05. The Morgan fingerprint density at radius 3 is 2.00 bits per heavy atom. The normalized spacial score (nSPS) is 9.85. The third-order valence-electron chi connectivity index (χ3n) is 3.03. The van der Waals surface area contributed by atoms with Gasteiger partial charge in [-0.15, -0.1) is 0 Å². The fourth-order valence-electron chi connectivity index (χ4n) is 2.05. The van der Waals surface area contributed by atoms with Crippen LogP contribution in [0.25, 0.3) is 0 Å². The van der Waals surface area contributed by atoms with Crippen LogP contribution in [0, 0.1) is 19.3 Å². The number of anilines is 1. The lowest BCUT2D eigenvalue weighted by molar-refractivity contribution is 0.251. The van der Waals surface area contributed by atoms with E-state index in [1.165, 1.54) is 21.3 Å². The molecule has 1 aromatic carbocycles. The first-order valence-corrected chi connectivity index (χ1v) is 5.97. The highest BCUT2D eigenvalue weighted by Gasteiger charge is 2.25. The van der Waals surface area contributed by atoms with Crippen LogP contribution in [-0.2, 0) is 0 Å². The Hall–Kier alpha value is -2.44. The largest absolute Gasteiger partial charge is 0.496 e. The second kappa shape index (κ2) is 6.14. The molecule has 20 heavy (non-hydrogen) atoms. The SMILES string of the molecule is CNC(=O)N(C(=N)N)c1c(C)c(OC)cc(OC)c1C. The molecule has 0 aliphatic rings. The third kappa shape index (κ3) is 2.61. The molecular weight excluding hydrogens is 260 g/mol. The van der Waals surface area contributed by atoms with E-state index < -0.39 is 6.03 Å². The lowest BCUT2D eigenvalue weighted by atomic mass is 10.1. The Balaban J connectivity index is 3.62. The summed E-state index contributed by atoms with van der Waals surface area (Å²) in [6, 6.07) is 1.23. The van der Waals surface area contributed by atoms with Crippen LogP contribution in [-0.4, -0.2) is 33.3 Å². The van der Waals surface area contributed by atoms with Crippen molar-refractivity contribution >= 4 is 17.7 Å². The number of hydrogen-bond donors (Lipinski definition) is 3. The second-order valence-electron chi connectivity index (χ2n) is 4.16. The average molecular weight is 280 g/mol. The highest BCUT2D eigenvalue weighted by atomic mass is 16.5. The van der Waals surface area contributed by atoms with Crippen LogP contribution >= 0.6 is 0 Å². The van der Waals surface area contributed by atoms with Crippen molar-refractivity contribution in [2.75, 3.05) is 26.2 Å². The van der Waals surface area contributed by atoms with Crippen molar-refractivity contribution in [3.05, 3.63) is 17.2 Å². The summed E-state index contributed by atoms with van der Waals surface area (Å²) in [7, 11) is 4.53. The van der Waals surface area contributed by atoms with Crippen LogP contribution in [0.1, 0.15) is 11.1 Å². The summed E-state index contributed by atoms with van der Waals surface area (Å²) in [4.78, 5) is 13.0. The van der Waals surface area contributed by atoms with Crippen molar-refractivity contribution in [1.29, 1.82) is 5.41 Å². The van der Waals surface area contributed by atoms with E-state index in [2.05, 4.69) is 5.32 Å². The number of carbonyl (C=O) groups excluding carboxylic acids is 1. The van der Waals surface area contributed by atoms with Crippen molar-refractivity contribution in [2.45, 2.75) is 13.8 Å². The van der Waals surface area contributed by atoms with E-state index in [-0.39, 0.29) is 5.96 Å². The minimum atomic E-state index is -0.501. The zero-order valence-corrected chi connectivity index (χ0v) is 12.3. The topological polar surface area (TPSA) is 101 Å². The Labute approximate surface area is 118 Å². The molecule has 110 valence electrons. The van der Waals surface area contributed by atoms with E-state index >= 15 is 0 Å². The zero-order chi connectivity index (χ0) is 15.4. The Morgan fingerprint density at radius 2 is 1.70 bits per heavy atom. The van der Waals surface area contributed by atoms with Gasteiger partial charge in [0.1, 0.15) is 11.5 Å². The molecule has 0 saturated heterocycles. The van der Waals surface area contributed by atoms with Gasteiger partial charge in [-0.2, -0.15) is 0 Å². The molecule has 7 nitrogen and oxygen atoms in total. The molecule has 4 N–H and O–H groups in total. The van der Waals surface area contributed by atoms with E-state index in [1.54, 1.807) is 19.9 Å². The van der Waals surface area contributed by atoms with Gasteiger partial charge >= 0.3 is 6.03 Å². The number of nitrogens with one attached hydrogen (secondary N) is 2. The molecule has 0 saturated carbocycles. The van der Waals surface area contributed by atoms with Gasteiger partial charge in [-0.25, -0.2) is 9.69 Å². The number of benzene rings is 1. The zero-order valence-electron chi connectivity index (χ0n) is 12.3. The Kier molecular flexibility index (Phi) is 4.79. The molecule has 0 fully saturated rings. The first-order valence-electron chi connectivity index (χ1n) is 5.97. The van der Waals surface area contributed by atoms with E-state index in [1.807, 2.05) is 0 Å². The lowest BCUT2D eigenvalue weighted by Crippen LogP contribution is -2.46. The summed E-state index contributed by atoms with van der Waals surface area (Å²) in [5, 5.41) is 10.1. The maximum absolute atomic E-state index is 12.0. The molecule has 0 unspecified atom stereocenters. The minimum absolute atomic E-state index is 0.383. The number of ether oxygens (including phenoxy) is 2. The third-order valence-corrected chi connectivity index (χ3v) is 3.03. The fraction of sp³-hybridized carbons (Fsp3) is 0.385. The quantitative estimate of drug-likeness (QED) is 0.575. The molecule has 1 aromatic rings. The number of urea groups is 1. The van der Waals surface area contributed by atoms with Gasteiger partial charge < -0.3 is 20.5 Å². The number of hydrogen-bond acceptors (Lipinski definition) is 4. The number of methoxy groups -OCH3 is 2. The molecule has 7 heteroatoms. The van der Waals surface area contributed by atoms with Gasteiger partial charge in [0.15, 0.2) is 0 Å². The van der Waals surface area contributed by atoms with Gasteiger partial charge in [-0.1, -0.05) is 0 Å². The standard InChI is InChI=1S/C13H20N4O3/c1-7-9(19-4)6-10(20-5)8(2)11(7)17(12(14)15)13(18)16-3/h6H,1-5H3,(H3,14,15)(H,16,18). The first-order chi connectivity index (χ1) is 9.38. The number of rotatable bonds is 3. The summed E-state index contributed by atoms with van der Waals surface area (Å²) >= 11 is 0. The molecule has 2 amide bonds. The van der Waals surface area contributed by atoms with Crippen LogP contribution in [0.2, 0.25) is 0 Å². The van der Waals surface area contributed by atoms with Crippen LogP contribution in [0.5, 0.6) is 11.5 Å². The monoisotopic (exact) mass is 280 g/mol. The molecular formula is C13H20N4O3. The van der Waals surface area contributed by atoms with Gasteiger partial charge in [0, 0.05) is 24.2 Å². The molecule has 1 rings (SSSR count). The van der Waals surface area contributed by atoms with E-state index in [0.717, 1.165) is 4.90 Å². The average Bonchev–Trinajstić information content (AvgIpc) is 2.42. The predicted molar refractivity (Wildman–Crippen MR) is 77.9 cm³/mol. The highest BCUT2D eigenvalue weighted by molar-refractivity contribution is 6.15. The van der Waals surface area contributed by atoms with Crippen LogP contribution < -0.4 is 25.4 Å². The van der Waals surface area contributed by atoms with E-state index in [4.69, 9.17) is 20.6 Å². The molecule has 0 spiro atoms. The maximum atomic E-state index is 12.0. The number of amides is 2. The smallest absolute Gasteiger partial charge is 0.328 e. The Bertz CT molecular complexity index is 515. The van der Waals surface area contributed by atoms with Crippen LogP contribution in [0.3, 0.4) is 0 Å². The lowest BCUT2D eigenvalue weighted by Gasteiger charge is -2.26. The van der Waals surface area contributed by atoms with Crippen molar-refractivity contribution in [3.63, 3.8) is 0 Å². The van der Waals surface area contributed by atoms with Crippen molar-refractivity contribution < 1.29 is 14.3 Å². The van der Waals surface area contributed by atoms with E-state index in [0.29, 0.717) is 28.3 Å². The van der Waals surface area contributed by atoms with Crippen LogP contribution in [0.15, 0.2) is 6.07 Å². The molecule has 0 atom stereocenters. The molecule has 0 aromatic heterocycles. The van der Waals surface area contributed by atoms with Gasteiger partial charge in [-0.3, -0.25) is 5.41 Å². The number of nitrogens with zero attached hydrogens (tertiary/aromatic N) is 1. The van der Waals surface area contributed by atoms with Crippen molar-refractivity contribution in [3.8, 4) is 11.5 Å². The van der Waals surface area contributed by atoms with Gasteiger partial charge in [0.25, 0.3) is 0 Å². The number of guanidine groups is 1. The number of carbonyl (C=O) groups is 1. The first kappa shape index (κ1) is 15.6. The number of nitrogens with two attached hydrogens (primary N) is 1. The van der Waals surface area contributed by atoms with Crippen molar-refractivity contribution in [2.24, 2.45) is 5.73 Å². The molecule has 0 heterocycles. The molecule has 0 aliphatic carbocycles. The minimum Gasteiger partial charge on any atom is -0.496 e. The van der Waals surface area contributed by atoms with Gasteiger partial charge in [0.05, 0.1) is 19.9 Å². The molecule has 0 radical (unpaired) electrons. The summed E-state index contributed by atoms with van der Waals surface area (Å²) < 4.78 is 10.6. The summed E-state index contributed by atoms with van der Waals surface area (Å²) in [5.74, 6) is 0.723. The maximum Gasteiger partial charge on any atom is 0.328 e. The highest BCUT2D eigenvalue weighted by Crippen LogP contribution is 2.38. The molecule has 0 bridgehead atoms. The Morgan fingerprint density at radius 1 is 1.25 bits per heavy atom. The van der Waals surface area contributed by atoms with Gasteiger partial charge in [0.2, 0.25) is 5.96 Å². The predicted octanol–water partition coefficient (Wildman–Crippen LogP) is 1.36. The van der Waals surface area contributed by atoms with E-state index in [9.17, 15) is 4.79 Å².